The molecule has 0 bridgehead atoms. The van der Waals surface area contributed by atoms with Crippen LogP contribution in [0.25, 0.3) is 0 Å². The second-order valence-corrected chi connectivity index (χ2v) is 6.73. The first-order chi connectivity index (χ1) is 8.63. The number of nitrogens with zero attached hydrogens (tertiary/aromatic N) is 1. The van der Waals surface area contributed by atoms with Crippen LogP contribution in [0, 0.1) is 0 Å². The van der Waals surface area contributed by atoms with Crippen LogP contribution < -0.4 is 0 Å². The Balaban J connectivity index is 1.71. The molecule has 1 aliphatic heterocycles. The van der Waals surface area contributed by atoms with Gasteiger partial charge in [-0.25, -0.2) is 4.79 Å². The fourth-order valence-corrected chi connectivity index (χ4v) is 3.31. The van der Waals surface area contributed by atoms with Crippen molar-refractivity contribution in [1.82, 2.24) is 4.90 Å². The van der Waals surface area contributed by atoms with E-state index in [4.69, 9.17) is 9.84 Å². The van der Waals surface area contributed by atoms with Crippen LogP contribution in [0.5, 0.6) is 0 Å². The lowest BCUT2D eigenvalue weighted by molar-refractivity contribution is -0.145. The number of aliphatic carboxylic acids is 1. The summed E-state index contributed by atoms with van der Waals surface area (Å²) in [6, 6.07) is 2.15. The zero-order chi connectivity index (χ0) is 13.0. The molecule has 0 spiro atoms. The number of thiophene rings is 1. The van der Waals surface area contributed by atoms with Crippen molar-refractivity contribution in [3.05, 3.63) is 20.8 Å². The minimum absolute atomic E-state index is 0.103. The third-order valence-corrected chi connectivity index (χ3v) is 4.56. The largest absolute Gasteiger partial charge is 0.480 e. The molecule has 0 aromatic carbocycles. The maximum atomic E-state index is 10.4. The standard InChI is InChI=1S/C12H16BrNO3S/c13-11-5-9(8-18-11)6-14-3-1-10(2-4-14)17-7-12(15)16/h5,8,10H,1-4,6-7H2,(H,15,16). The van der Waals surface area contributed by atoms with E-state index in [0.717, 1.165) is 36.3 Å². The second kappa shape index (κ2) is 6.65. The molecule has 6 heteroatoms. The summed E-state index contributed by atoms with van der Waals surface area (Å²) in [6.45, 7) is 2.73. The van der Waals surface area contributed by atoms with Gasteiger partial charge in [-0.2, -0.15) is 0 Å². The molecule has 0 amide bonds. The van der Waals surface area contributed by atoms with E-state index in [1.165, 1.54) is 5.56 Å². The van der Waals surface area contributed by atoms with Crippen LogP contribution in [-0.2, 0) is 16.1 Å². The summed E-state index contributed by atoms with van der Waals surface area (Å²) >= 11 is 5.17. The molecule has 2 heterocycles. The number of likely N-dealkylation sites (tertiary alicyclic amines) is 1. The summed E-state index contributed by atoms with van der Waals surface area (Å²) in [5.74, 6) is -0.888. The topological polar surface area (TPSA) is 49.8 Å². The first-order valence-electron chi connectivity index (χ1n) is 5.92. The SMILES string of the molecule is O=C(O)COC1CCN(Cc2csc(Br)c2)CC1. The van der Waals surface area contributed by atoms with Crippen LogP contribution in [0.2, 0.25) is 0 Å². The van der Waals surface area contributed by atoms with Crippen LogP contribution in [0.3, 0.4) is 0 Å². The number of carboxylic acid groups (broad SMARTS) is 1. The number of carbonyl (C=O) groups is 1. The Morgan fingerprint density at radius 3 is 2.83 bits per heavy atom. The fraction of sp³-hybridized carbons (Fsp3) is 0.583. The molecule has 0 radical (unpaired) electrons. The highest BCUT2D eigenvalue weighted by Gasteiger charge is 2.20. The number of ether oxygens (including phenoxy) is 1. The molecule has 0 unspecified atom stereocenters. The molecule has 1 saturated heterocycles. The van der Waals surface area contributed by atoms with Gasteiger partial charge < -0.3 is 9.84 Å². The van der Waals surface area contributed by atoms with E-state index in [-0.39, 0.29) is 12.7 Å². The number of piperidine rings is 1. The van der Waals surface area contributed by atoms with Gasteiger partial charge in [-0.1, -0.05) is 0 Å². The molecule has 100 valence electrons. The van der Waals surface area contributed by atoms with E-state index in [2.05, 4.69) is 32.3 Å². The van der Waals surface area contributed by atoms with E-state index in [9.17, 15) is 4.79 Å². The zero-order valence-corrected chi connectivity index (χ0v) is 12.4. The Hall–Kier alpha value is -0.430. The van der Waals surface area contributed by atoms with E-state index >= 15 is 0 Å². The van der Waals surface area contributed by atoms with Crippen LogP contribution in [0.1, 0.15) is 18.4 Å². The van der Waals surface area contributed by atoms with Gasteiger partial charge in [-0.05, 0) is 45.8 Å². The van der Waals surface area contributed by atoms with Crippen molar-refractivity contribution >= 4 is 33.2 Å². The third-order valence-electron chi connectivity index (χ3n) is 3.01. The van der Waals surface area contributed by atoms with Gasteiger partial charge in [0.2, 0.25) is 0 Å². The summed E-state index contributed by atoms with van der Waals surface area (Å²) in [6.07, 6.45) is 1.93. The molecule has 1 aromatic heterocycles. The van der Waals surface area contributed by atoms with Gasteiger partial charge in [0.15, 0.2) is 0 Å². The molecule has 1 aliphatic rings. The monoisotopic (exact) mass is 333 g/mol. The van der Waals surface area contributed by atoms with Crippen molar-refractivity contribution in [3.8, 4) is 0 Å². The molecule has 0 saturated carbocycles. The lowest BCUT2D eigenvalue weighted by Crippen LogP contribution is -2.37. The predicted octanol–water partition coefficient (Wildman–Crippen LogP) is 2.58. The molecular weight excluding hydrogens is 318 g/mol. The summed E-state index contributed by atoms with van der Waals surface area (Å²) < 4.78 is 6.48. The smallest absolute Gasteiger partial charge is 0.329 e. The van der Waals surface area contributed by atoms with Gasteiger partial charge in [-0.15, -0.1) is 11.3 Å². The molecule has 1 N–H and O–H groups in total. The van der Waals surface area contributed by atoms with E-state index in [1.54, 1.807) is 11.3 Å². The number of halogens is 1. The van der Waals surface area contributed by atoms with Crippen molar-refractivity contribution in [2.45, 2.75) is 25.5 Å². The highest BCUT2D eigenvalue weighted by Crippen LogP contribution is 2.23. The number of hydrogen-bond acceptors (Lipinski definition) is 4. The molecule has 1 aromatic rings. The lowest BCUT2D eigenvalue weighted by atomic mass is 10.1. The van der Waals surface area contributed by atoms with Gasteiger partial charge in [0.1, 0.15) is 6.61 Å². The Kier molecular flexibility index (Phi) is 5.17. The number of hydrogen-bond donors (Lipinski definition) is 1. The molecule has 0 aliphatic carbocycles. The van der Waals surface area contributed by atoms with Crippen LogP contribution in [-0.4, -0.2) is 41.8 Å². The maximum Gasteiger partial charge on any atom is 0.329 e. The Bertz CT molecular complexity index is 402. The summed E-state index contributed by atoms with van der Waals surface area (Å²) in [5.41, 5.74) is 1.33. The van der Waals surface area contributed by atoms with Crippen molar-refractivity contribution in [1.29, 1.82) is 0 Å². The molecule has 18 heavy (non-hydrogen) atoms. The average Bonchev–Trinajstić information content (AvgIpc) is 2.74. The molecule has 1 fully saturated rings. The fourth-order valence-electron chi connectivity index (χ4n) is 2.11. The Morgan fingerprint density at radius 2 is 2.28 bits per heavy atom. The van der Waals surface area contributed by atoms with E-state index in [1.807, 2.05) is 0 Å². The molecule has 0 atom stereocenters. The highest BCUT2D eigenvalue weighted by molar-refractivity contribution is 9.11. The summed E-state index contributed by atoms with van der Waals surface area (Å²) in [5, 5.41) is 10.7. The predicted molar refractivity (Wildman–Crippen MR) is 73.9 cm³/mol. The zero-order valence-electron chi connectivity index (χ0n) is 9.97. The van der Waals surface area contributed by atoms with Crippen LogP contribution >= 0.6 is 27.3 Å². The van der Waals surface area contributed by atoms with Crippen molar-refractivity contribution < 1.29 is 14.6 Å². The van der Waals surface area contributed by atoms with Gasteiger partial charge in [0.05, 0.1) is 9.89 Å². The van der Waals surface area contributed by atoms with Crippen molar-refractivity contribution in [2.24, 2.45) is 0 Å². The second-order valence-electron chi connectivity index (χ2n) is 4.44. The third kappa shape index (κ3) is 4.35. The van der Waals surface area contributed by atoms with Crippen LogP contribution in [0.4, 0.5) is 0 Å². The minimum atomic E-state index is -0.888. The quantitative estimate of drug-likeness (QED) is 0.899. The van der Waals surface area contributed by atoms with Gasteiger partial charge in [0, 0.05) is 19.6 Å². The average molecular weight is 334 g/mol. The van der Waals surface area contributed by atoms with Crippen LogP contribution in [0.15, 0.2) is 15.2 Å². The van der Waals surface area contributed by atoms with Gasteiger partial charge >= 0.3 is 5.97 Å². The lowest BCUT2D eigenvalue weighted by Gasteiger charge is -2.31. The maximum absolute atomic E-state index is 10.4. The Morgan fingerprint density at radius 1 is 1.56 bits per heavy atom. The first kappa shape index (κ1) is 14.0. The number of carboxylic acids is 1. The Labute approximate surface area is 119 Å². The molecular formula is C12H16BrNO3S. The minimum Gasteiger partial charge on any atom is -0.480 e. The van der Waals surface area contributed by atoms with E-state index in [0.29, 0.717) is 0 Å². The summed E-state index contributed by atoms with van der Waals surface area (Å²) in [7, 11) is 0. The first-order valence-corrected chi connectivity index (χ1v) is 7.59. The molecule has 4 nitrogen and oxygen atoms in total. The highest BCUT2D eigenvalue weighted by atomic mass is 79.9. The number of rotatable bonds is 5. The normalized spacial score (nSPS) is 18.1. The molecule has 2 rings (SSSR count). The van der Waals surface area contributed by atoms with Crippen molar-refractivity contribution in [3.63, 3.8) is 0 Å². The van der Waals surface area contributed by atoms with Gasteiger partial charge in [-0.3, -0.25) is 4.90 Å². The van der Waals surface area contributed by atoms with E-state index < -0.39 is 5.97 Å². The van der Waals surface area contributed by atoms with Crippen molar-refractivity contribution in [2.75, 3.05) is 19.7 Å². The van der Waals surface area contributed by atoms with Gasteiger partial charge in [0.25, 0.3) is 0 Å². The summed E-state index contributed by atoms with van der Waals surface area (Å²) in [4.78, 5) is 12.8.